The zero-order chi connectivity index (χ0) is 11.4. The first-order valence-electron chi connectivity index (χ1n) is 5.16. The Morgan fingerprint density at radius 2 is 2.13 bits per heavy atom. The maximum absolute atomic E-state index is 5.95. The Balaban J connectivity index is 2.74. The van der Waals surface area contributed by atoms with Gasteiger partial charge >= 0.3 is 0 Å². The minimum Gasteiger partial charge on any atom is -0.330 e. The fourth-order valence-electron chi connectivity index (χ4n) is 1.57. The van der Waals surface area contributed by atoms with Crippen molar-refractivity contribution in [1.29, 1.82) is 0 Å². The zero-order valence-electron chi connectivity index (χ0n) is 9.53. The predicted molar refractivity (Wildman–Crippen MR) is 68.6 cm³/mol. The zero-order valence-corrected chi connectivity index (χ0v) is 11.1. The van der Waals surface area contributed by atoms with Crippen molar-refractivity contribution in [2.24, 2.45) is 11.7 Å². The van der Waals surface area contributed by atoms with E-state index in [-0.39, 0.29) is 0 Å². The molecule has 4 heteroatoms. The van der Waals surface area contributed by atoms with E-state index in [1.165, 1.54) is 4.88 Å². The molecule has 0 saturated heterocycles. The molecule has 2 N–H and O–H groups in total. The van der Waals surface area contributed by atoms with Crippen LogP contribution in [0.1, 0.15) is 24.3 Å². The second-order valence-electron chi connectivity index (χ2n) is 4.20. The van der Waals surface area contributed by atoms with Crippen LogP contribution >= 0.6 is 22.9 Å². The molecule has 2 nitrogen and oxygen atoms in total. The second-order valence-corrected chi connectivity index (χ2v) is 5.94. The minimum atomic E-state index is 0.432. The van der Waals surface area contributed by atoms with Gasteiger partial charge in [0, 0.05) is 10.9 Å². The van der Waals surface area contributed by atoms with Gasteiger partial charge in [-0.05, 0) is 45.1 Å². The summed E-state index contributed by atoms with van der Waals surface area (Å²) in [6.45, 7) is 2.93. The lowest BCUT2D eigenvalue weighted by Gasteiger charge is -2.25. The molecule has 1 aromatic rings. The van der Waals surface area contributed by atoms with E-state index in [2.05, 4.69) is 32.0 Å². The first-order valence-corrected chi connectivity index (χ1v) is 6.35. The number of hydrogen-bond donors (Lipinski definition) is 1. The second kappa shape index (κ2) is 5.85. The molecule has 0 aromatic carbocycles. The van der Waals surface area contributed by atoms with Gasteiger partial charge < -0.3 is 10.6 Å². The summed E-state index contributed by atoms with van der Waals surface area (Å²) in [5.41, 5.74) is 5.66. The Bertz CT molecular complexity index is 299. The van der Waals surface area contributed by atoms with E-state index in [9.17, 15) is 0 Å². The Kier molecular flexibility index (Phi) is 5.06. The quantitative estimate of drug-likeness (QED) is 0.866. The Morgan fingerprint density at radius 3 is 2.53 bits per heavy atom. The van der Waals surface area contributed by atoms with Crippen LogP contribution < -0.4 is 5.73 Å². The molecule has 86 valence electrons. The van der Waals surface area contributed by atoms with E-state index in [0.29, 0.717) is 12.0 Å². The average Bonchev–Trinajstić information content (AvgIpc) is 2.60. The highest BCUT2D eigenvalue weighted by Gasteiger charge is 2.18. The molecule has 1 aromatic heterocycles. The van der Waals surface area contributed by atoms with E-state index in [0.717, 1.165) is 17.3 Å². The summed E-state index contributed by atoms with van der Waals surface area (Å²) in [4.78, 5) is 3.55. The molecule has 0 bridgehead atoms. The number of thiophene rings is 1. The Labute approximate surface area is 101 Å². The monoisotopic (exact) mass is 246 g/mol. The lowest BCUT2D eigenvalue weighted by atomic mass is 10.0. The van der Waals surface area contributed by atoms with Gasteiger partial charge in [0.2, 0.25) is 0 Å². The molecule has 0 radical (unpaired) electrons. The summed E-state index contributed by atoms with van der Waals surface area (Å²) in [5.74, 6) is 0.540. The first kappa shape index (κ1) is 13.0. The molecule has 0 aliphatic heterocycles. The fourth-order valence-corrected chi connectivity index (χ4v) is 2.84. The first-order chi connectivity index (χ1) is 7.04. The van der Waals surface area contributed by atoms with E-state index in [1.54, 1.807) is 11.3 Å². The Hall–Kier alpha value is -0.0900. The third-order valence-corrected chi connectivity index (χ3v) is 3.91. The summed E-state index contributed by atoms with van der Waals surface area (Å²) in [6, 6.07) is 4.51. The highest BCUT2D eigenvalue weighted by atomic mass is 35.5. The van der Waals surface area contributed by atoms with E-state index in [1.807, 2.05) is 6.07 Å². The highest BCUT2D eigenvalue weighted by molar-refractivity contribution is 7.16. The van der Waals surface area contributed by atoms with E-state index in [4.69, 9.17) is 17.3 Å². The van der Waals surface area contributed by atoms with Gasteiger partial charge in [-0.3, -0.25) is 0 Å². The molecule has 0 aliphatic rings. The molecule has 0 aliphatic carbocycles. The van der Waals surface area contributed by atoms with Crippen molar-refractivity contribution in [3.8, 4) is 0 Å². The van der Waals surface area contributed by atoms with Crippen molar-refractivity contribution < 1.29 is 0 Å². The van der Waals surface area contributed by atoms with Crippen LogP contribution in [0.3, 0.4) is 0 Å². The molecule has 15 heavy (non-hydrogen) atoms. The van der Waals surface area contributed by atoms with Gasteiger partial charge in [0.15, 0.2) is 0 Å². The summed E-state index contributed by atoms with van der Waals surface area (Å²) < 4.78 is 0.859. The van der Waals surface area contributed by atoms with Crippen LogP contribution in [0.25, 0.3) is 0 Å². The van der Waals surface area contributed by atoms with Crippen molar-refractivity contribution in [2.75, 3.05) is 20.6 Å². The number of nitrogens with two attached hydrogens (primary N) is 1. The van der Waals surface area contributed by atoms with Gasteiger partial charge in [-0.25, -0.2) is 0 Å². The van der Waals surface area contributed by atoms with Crippen LogP contribution in [0.5, 0.6) is 0 Å². The van der Waals surface area contributed by atoms with Crippen molar-refractivity contribution >= 4 is 22.9 Å². The Morgan fingerprint density at radius 1 is 1.47 bits per heavy atom. The van der Waals surface area contributed by atoms with E-state index >= 15 is 0 Å². The maximum atomic E-state index is 5.95. The molecule has 1 heterocycles. The van der Waals surface area contributed by atoms with Gasteiger partial charge in [-0.15, -0.1) is 11.3 Å². The van der Waals surface area contributed by atoms with Crippen molar-refractivity contribution in [2.45, 2.75) is 19.4 Å². The van der Waals surface area contributed by atoms with Crippen LogP contribution in [-0.2, 0) is 0 Å². The highest BCUT2D eigenvalue weighted by Crippen LogP contribution is 2.33. The van der Waals surface area contributed by atoms with Gasteiger partial charge in [0.05, 0.1) is 4.34 Å². The lowest BCUT2D eigenvalue weighted by molar-refractivity contribution is 0.259. The number of nitrogens with zero attached hydrogens (tertiary/aromatic N) is 1. The minimum absolute atomic E-state index is 0.432. The maximum Gasteiger partial charge on any atom is 0.0931 e. The van der Waals surface area contributed by atoms with Gasteiger partial charge in [0.1, 0.15) is 0 Å². The number of hydrogen-bond acceptors (Lipinski definition) is 3. The summed E-state index contributed by atoms with van der Waals surface area (Å²) in [6.07, 6.45) is 1.08. The van der Waals surface area contributed by atoms with Crippen molar-refractivity contribution in [1.82, 2.24) is 4.90 Å². The van der Waals surface area contributed by atoms with Crippen LogP contribution in [0.15, 0.2) is 12.1 Å². The molecule has 2 unspecified atom stereocenters. The molecule has 0 fully saturated rings. The summed E-state index contributed by atoms with van der Waals surface area (Å²) >= 11 is 7.61. The smallest absolute Gasteiger partial charge is 0.0931 e. The van der Waals surface area contributed by atoms with Crippen molar-refractivity contribution in [3.63, 3.8) is 0 Å². The normalized spacial score (nSPS) is 15.6. The lowest BCUT2D eigenvalue weighted by Crippen LogP contribution is -2.23. The van der Waals surface area contributed by atoms with Crippen LogP contribution in [-0.4, -0.2) is 25.5 Å². The molecule has 2 atom stereocenters. The molecule has 0 spiro atoms. The average molecular weight is 247 g/mol. The predicted octanol–water partition coefficient (Wildman–Crippen LogP) is 2.99. The summed E-state index contributed by atoms with van der Waals surface area (Å²) in [5, 5.41) is 0. The molecule has 0 amide bonds. The summed E-state index contributed by atoms with van der Waals surface area (Å²) in [7, 11) is 4.20. The third kappa shape index (κ3) is 3.76. The SMILES string of the molecule is CC(CN)CC(c1ccc(Cl)s1)N(C)C. The van der Waals surface area contributed by atoms with Crippen LogP contribution in [0, 0.1) is 5.92 Å². The van der Waals surface area contributed by atoms with Gasteiger partial charge in [0.25, 0.3) is 0 Å². The largest absolute Gasteiger partial charge is 0.330 e. The third-order valence-electron chi connectivity index (χ3n) is 2.57. The van der Waals surface area contributed by atoms with Gasteiger partial charge in [-0.2, -0.15) is 0 Å². The van der Waals surface area contributed by atoms with Crippen LogP contribution in [0.2, 0.25) is 4.34 Å². The molecule has 0 saturated carbocycles. The van der Waals surface area contributed by atoms with Crippen LogP contribution in [0.4, 0.5) is 0 Å². The molecule has 1 rings (SSSR count). The number of rotatable bonds is 5. The van der Waals surface area contributed by atoms with Gasteiger partial charge in [-0.1, -0.05) is 18.5 Å². The fraction of sp³-hybridized carbons (Fsp3) is 0.636. The topological polar surface area (TPSA) is 29.3 Å². The number of halogens is 1. The standard InChI is InChI=1S/C11H19ClN2S/c1-8(7-13)6-9(14(2)3)10-4-5-11(12)15-10/h4-5,8-9H,6-7,13H2,1-3H3. The van der Waals surface area contributed by atoms with Crippen molar-refractivity contribution in [3.05, 3.63) is 21.3 Å². The van der Waals surface area contributed by atoms with E-state index < -0.39 is 0 Å². The molecular formula is C11H19ClN2S. The molecular weight excluding hydrogens is 228 g/mol.